The number of ether oxygens (including phenoxy) is 1. The Labute approximate surface area is 132 Å². The molecule has 0 aromatic heterocycles. The zero-order valence-corrected chi connectivity index (χ0v) is 12.3. The summed E-state index contributed by atoms with van der Waals surface area (Å²) in [5.74, 6) is -1.12. The fourth-order valence-electron chi connectivity index (χ4n) is 1.77. The van der Waals surface area contributed by atoms with Gasteiger partial charge in [-0.2, -0.15) is 0 Å². The topological polar surface area (TPSA) is 98.5 Å². The van der Waals surface area contributed by atoms with Crippen molar-refractivity contribution in [2.75, 3.05) is 5.32 Å². The van der Waals surface area contributed by atoms with Crippen molar-refractivity contribution in [1.29, 1.82) is 0 Å². The molecule has 1 atom stereocenters. The van der Waals surface area contributed by atoms with Gasteiger partial charge in [0.05, 0.1) is 10.5 Å². The maximum absolute atomic E-state index is 12.0. The number of carbonyl (C=O) groups excluding carboxylic acids is 2. The third-order valence-corrected chi connectivity index (χ3v) is 3.01. The second-order valence-corrected chi connectivity index (χ2v) is 4.71. The van der Waals surface area contributed by atoms with E-state index in [0.29, 0.717) is 11.3 Å². The molecular weight excluding hydrogens is 300 g/mol. The Bertz CT molecular complexity index is 713. The van der Waals surface area contributed by atoms with E-state index in [-0.39, 0.29) is 5.69 Å². The molecule has 0 bridgehead atoms. The molecule has 0 fully saturated rings. The van der Waals surface area contributed by atoms with E-state index in [2.05, 4.69) is 5.32 Å². The van der Waals surface area contributed by atoms with Gasteiger partial charge in [-0.15, -0.1) is 0 Å². The van der Waals surface area contributed by atoms with Gasteiger partial charge in [0.15, 0.2) is 6.10 Å². The lowest BCUT2D eigenvalue weighted by Crippen LogP contribution is -2.29. The molecule has 1 amide bonds. The van der Waals surface area contributed by atoms with Crippen LogP contribution in [0.1, 0.15) is 17.3 Å². The summed E-state index contributed by atoms with van der Waals surface area (Å²) in [6.07, 6.45) is -1.00. The summed E-state index contributed by atoms with van der Waals surface area (Å²) in [6.45, 7) is 1.45. The van der Waals surface area contributed by atoms with E-state index in [0.717, 1.165) is 0 Å². The van der Waals surface area contributed by atoms with Crippen molar-refractivity contribution in [2.45, 2.75) is 13.0 Å². The zero-order chi connectivity index (χ0) is 16.8. The second-order valence-electron chi connectivity index (χ2n) is 4.71. The van der Waals surface area contributed by atoms with E-state index in [9.17, 15) is 19.7 Å². The zero-order valence-electron chi connectivity index (χ0n) is 12.3. The predicted octanol–water partition coefficient (Wildman–Crippen LogP) is 2.78. The Balaban J connectivity index is 1.94. The van der Waals surface area contributed by atoms with Crippen LogP contribution < -0.4 is 5.32 Å². The lowest BCUT2D eigenvalue weighted by Gasteiger charge is -2.13. The number of nitrogens with one attached hydrogen (secondary N) is 1. The summed E-state index contributed by atoms with van der Waals surface area (Å²) in [7, 11) is 0. The number of hydrogen-bond acceptors (Lipinski definition) is 5. The molecule has 0 saturated carbocycles. The molecule has 0 aliphatic heterocycles. The standard InChI is InChI=1S/C16H14N2O5/c1-11(23-16(20)12-5-3-2-4-6-12)15(19)17-13-7-9-14(10-8-13)18(21)22/h2-11H,1H3,(H,17,19)/t11-/m0/s1. The van der Waals surface area contributed by atoms with Crippen LogP contribution in [0, 0.1) is 10.1 Å². The van der Waals surface area contributed by atoms with Gasteiger partial charge in [0, 0.05) is 17.8 Å². The molecule has 118 valence electrons. The average Bonchev–Trinajstić information content (AvgIpc) is 2.56. The SMILES string of the molecule is C[C@H](OC(=O)c1ccccc1)C(=O)Nc1ccc([N+](=O)[O-])cc1. The normalized spacial score (nSPS) is 11.3. The molecule has 0 radical (unpaired) electrons. The maximum atomic E-state index is 12.0. The highest BCUT2D eigenvalue weighted by Crippen LogP contribution is 2.16. The van der Waals surface area contributed by atoms with Crippen molar-refractivity contribution in [2.24, 2.45) is 0 Å². The van der Waals surface area contributed by atoms with Crippen molar-refractivity contribution in [3.63, 3.8) is 0 Å². The highest BCUT2D eigenvalue weighted by atomic mass is 16.6. The van der Waals surface area contributed by atoms with Crippen LogP contribution in [0.25, 0.3) is 0 Å². The molecule has 0 aliphatic rings. The quantitative estimate of drug-likeness (QED) is 0.520. The number of benzene rings is 2. The summed E-state index contributed by atoms with van der Waals surface area (Å²) < 4.78 is 5.07. The van der Waals surface area contributed by atoms with E-state index in [4.69, 9.17) is 4.74 Å². The highest BCUT2D eigenvalue weighted by Gasteiger charge is 2.19. The number of nitro groups is 1. The smallest absolute Gasteiger partial charge is 0.338 e. The molecule has 0 heterocycles. The Kier molecular flexibility index (Phi) is 5.03. The van der Waals surface area contributed by atoms with Gasteiger partial charge in [-0.3, -0.25) is 14.9 Å². The van der Waals surface area contributed by atoms with Crippen LogP contribution in [0.15, 0.2) is 54.6 Å². The summed E-state index contributed by atoms with van der Waals surface area (Å²) in [5.41, 5.74) is 0.650. The monoisotopic (exact) mass is 314 g/mol. The Hall–Kier alpha value is -3.22. The number of rotatable bonds is 5. The number of anilines is 1. The van der Waals surface area contributed by atoms with Crippen molar-refractivity contribution in [3.05, 3.63) is 70.3 Å². The number of hydrogen-bond donors (Lipinski definition) is 1. The largest absolute Gasteiger partial charge is 0.449 e. The molecule has 0 unspecified atom stereocenters. The van der Waals surface area contributed by atoms with Gasteiger partial charge in [-0.1, -0.05) is 18.2 Å². The van der Waals surface area contributed by atoms with Crippen LogP contribution >= 0.6 is 0 Å². The number of nitrogens with zero attached hydrogens (tertiary/aromatic N) is 1. The first kappa shape index (κ1) is 16.2. The van der Waals surface area contributed by atoms with Crippen molar-refractivity contribution >= 4 is 23.3 Å². The van der Waals surface area contributed by atoms with Gasteiger partial charge >= 0.3 is 5.97 Å². The van der Waals surface area contributed by atoms with Gasteiger partial charge in [-0.05, 0) is 31.2 Å². The molecule has 2 rings (SSSR count). The van der Waals surface area contributed by atoms with Gasteiger partial charge in [0.25, 0.3) is 11.6 Å². The summed E-state index contributed by atoms with van der Waals surface area (Å²) in [5, 5.41) is 13.1. The third kappa shape index (κ3) is 4.37. The van der Waals surface area contributed by atoms with E-state index >= 15 is 0 Å². The summed E-state index contributed by atoms with van der Waals surface area (Å²) in [6, 6.07) is 13.7. The molecule has 7 nitrogen and oxygen atoms in total. The molecule has 0 spiro atoms. The van der Waals surface area contributed by atoms with E-state index in [1.165, 1.54) is 31.2 Å². The fourth-order valence-corrected chi connectivity index (χ4v) is 1.77. The first-order chi connectivity index (χ1) is 11.0. The highest BCUT2D eigenvalue weighted by molar-refractivity contribution is 5.97. The van der Waals surface area contributed by atoms with Crippen LogP contribution in [-0.4, -0.2) is 22.9 Å². The number of carbonyl (C=O) groups is 2. The molecule has 23 heavy (non-hydrogen) atoms. The number of nitro benzene ring substituents is 1. The number of non-ortho nitro benzene ring substituents is 1. The first-order valence-corrected chi connectivity index (χ1v) is 6.78. The number of esters is 1. The molecule has 0 saturated heterocycles. The van der Waals surface area contributed by atoms with Gasteiger partial charge in [0.2, 0.25) is 0 Å². The summed E-state index contributed by atoms with van der Waals surface area (Å²) in [4.78, 5) is 33.9. The first-order valence-electron chi connectivity index (χ1n) is 6.78. The minimum Gasteiger partial charge on any atom is -0.449 e. The van der Waals surface area contributed by atoms with Gasteiger partial charge in [0.1, 0.15) is 0 Å². The lowest BCUT2D eigenvalue weighted by atomic mass is 10.2. The Morgan fingerprint density at radius 3 is 2.26 bits per heavy atom. The van der Waals surface area contributed by atoms with Crippen LogP contribution in [0.5, 0.6) is 0 Å². The molecule has 0 aliphatic carbocycles. The van der Waals surface area contributed by atoms with Crippen molar-refractivity contribution in [1.82, 2.24) is 0 Å². The third-order valence-electron chi connectivity index (χ3n) is 3.01. The molecule has 7 heteroatoms. The number of amides is 1. The van der Waals surface area contributed by atoms with Crippen LogP contribution in [0.2, 0.25) is 0 Å². The van der Waals surface area contributed by atoms with E-state index in [1.807, 2.05) is 0 Å². The molecule has 1 N–H and O–H groups in total. The predicted molar refractivity (Wildman–Crippen MR) is 83.0 cm³/mol. The van der Waals surface area contributed by atoms with Crippen LogP contribution in [0.3, 0.4) is 0 Å². The van der Waals surface area contributed by atoms with Crippen molar-refractivity contribution < 1.29 is 19.2 Å². The minimum absolute atomic E-state index is 0.0773. The summed E-state index contributed by atoms with van der Waals surface area (Å²) >= 11 is 0. The Morgan fingerprint density at radius 1 is 1.09 bits per heavy atom. The molecule has 2 aromatic carbocycles. The molecular formula is C16H14N2O5. The van der Waals surface area contributed by atoms with Gasteiger partial charge in [-0.25, -0.2) is 4.79 Å². The molecule has 2 aromatic rings. The van der Waals surface area contributed by atoms with Crippen LogP contribution in [-0.2, 0) is 9.53 Å². The van der Waals surface area contributed by atoms with Gasteiger partial charge < -0.3 is 10.1 Å². The minimum atomic E-state index is -1.00. The lowest BCUT2D eigenvalue weighted by molar-refractivity contribution is -0.384. The van der Waals surface area contributed by atoms with Crippen LogP contribution in [0.4, 0.5) is 11.4 Å². The van der Waals surface area contributed by atoms with E-state index < -0.39 is 22.9 Å². The van der Waals surface area contributed by atoms with Crippen molar-refractivity contribution in [3.8, 4) is 0 Å². The average molecular weight is 314 g/mol. The fraction of sp³-hybridized carbons (Fsp3) is 0.125. The second kappa shape index (κ2) is 7.17. The Morgan fingerprint density at radius 2 is 1.70 bits per heavy atom. The van der Waals surface area contributed by atoms with E-state index in [1.54, 1.807) is 30.3 Å². The maximum Gasteiger partial charge on any atom is 0.338 e.